The molecule has 0 rings (SSSR count). The van der Waals surface area contributed by atoms with Gasteiger partial charge in [0.05, 0.1) is 0 Å². The molecule has 3 nitrogen and oxygen atoms in total. The summed E-state index contributed by atoms with van der Waals surface area (Å²) in [5.41, 5.74) is 0. The Morgan fingerprint density at radius 1 is 1.44 bits per heavy atom. The van der Waals surface area contributed by atoms with Crippen LogP contribution in [0.25, 0.3) is 0 Å². The van der Waals surface area contributed by atoms with Crippen LogP contribution in [0.5, 0.6) is 0 Å². The predicted octanol–water partition coefficient (Wildman–Crippen LogP) is -0.0523. The summed E-state index contributed by atoms with van der Waals surface area (Å²) in [7, 11) is -2.07. The first-order valence-electron chi connectivity index (χ1n) is 2.53. The Balaban J connectivity index is 3.31. The summed E-state index contributed by atoms with van der Waals surface area (Å²) in [6, 6.07) is 0. The molecule has 0 aliphatic heterocycles. The second kappa shape index (κ2) is 5.50. The molecule has 4 heteroatoms. The highest BCUT2D eigenvalue weighted by Gasteiger charge is 1.82. The molecule has 0 heterocycles. The van der Waals surface area contributed by atoms with Gasteiger partial charge in [-0.05, 0) is 12.8 Å². The van der Waals surface area contributed by atoms with Crippen molar-refractivity contribution in [3.05, 3.63) is 0 Å². The molecule has 9 heavy (non-hydrogen) atoms. The highest BCUT2D eigenvalue weighted by Crippen LogP contribution is 1.86. The van der Waals surface area contributed by atoms with E-state index in [1.54, 1.807) is 6.29 Å². The van der Waals surface area contributed by atoms with E-state index in [1.807, 2.05) is 0 Å². The smallest absolute Gasteiger partial charge is 0.209 e. The topological polar surface area (TPSA) is 51.2 Å². The van der Waals surface area contributed by atoms with Gasteiger partial charge < -0.3 is 0 Å². The zero-order chi connectivity index (χ0) is 7.11. The first-order chi connectivity index (χ1) is 4.27. The maximum absolute atomic E-state index is 9.81. The molecule has 0 aliphatic rings. The SMILES string of the molecule is O=[C]CCCC=S(=O)=O. The summed E-state index contributed by atoms with van der Waals surface area (Å²) >= 11 is 0. The van der Waals surface area contributed by atoms with Gasteiger partial charge in [-0.25, -0.2) is 0 Å². The minimum atomic E-state index is -2.07. The number of hydrogen-bond acceptors (Lipinski definition) is 3. The van der Waals surface area contributed by atoms with Crippen LogP contribution in [0.3, 0.4) is 0 Å². The second-order valence-corrected chi connectivity index (χ2v) is 2.32. The first-order valence-corrected chi connectivity index (χ1v) is 3.67. The number of rotatable bonds is 4. The average molecular weight is 147 g/mol. The Morgan fingerprint density at radius 2 is 2.11 bits per heavy atom. The van der Waals surface area contributed by atoms with Gasteiger partial charge in [0.1, 0.15) is 0 Å². The van der Waals surface area contributed by atoms with Crippen molar-refractivity contribution in [1.29, 1.82) is 0 Å². The lowest BCUT2D eigenvalue weighted by atomic mass is 10.3. The zero-order valence-electron chi connectivity index (χ0n) is 4.83. The quantitative estimate of drug-likeness (QED) is 0.413. The fourth-order valence-corrected chi connectivity index (χ4v) is 0.713. The Kier molecular flexibility index (Phi) is 5.11. The molecule has 0 N–H and O–H groups in total. The van der Waals surface area contributed by atoms with Crippen LogP contribution in [-0.4, -0.2) is 20.1 Å². The van der Waals surface area contributed by atoms with E-state index in [0.717, 1.165) is 5.37 Å². The summed E-state index contributed by atoms with van der Waals surface area (Å²) in [6.07, 6.45) is 2.99. The van der Waals surface area contributed by atoms with Gasteiger partial charge in [0, 0.05) is 11.8 Å². The maximum atomic E-state index is 9.81. The molecule has 1 radical (unpaired) electrons. The molecule has 0 aromatic rings. The van der Waals surface area contributed by atoms with E-state index in [9.17, 15) is 13.2 Å². The molecule has 0 bridgehead atoms. The van der Waals surface area contributed by atoms with E-state index in [-0.39, 0.29) is 0 Å². The van der Waals surface area contributed by atoms with Crippen LogP contribution < -0.4 is 0 Å². The van der Waals surface area contributed by atoms with Crippen LogP contribution >= 0.6 is 0 Å². The lowest BCUT2D eigenvalue weighted by Gasteiger charge is -1.79. The maximum Gasteiger partial charge on any atom is 0.209 e. The van der Waals surface area contributed by atoms with Gasteiger partial charge in [0.25, 0.3) is 0 Å². The second-order valence-electron chi connectivity index (χ2n) is 1.46. The zero-order valence-corrected chi connectivity index (χ0v) is 5.65. The van der Waals surface area contributed by atoms with Crippen molar-refractivity contribution in [3.8, 4) is 0 Å². The number of carbonyl (C=O) groups excluding carboxylic acids is 1. The van der Waals surface area contributed by atoms with E-state index in [0.29, 0.717) is 19.3 Å². The van der Waals surface area contributed by atoms with Gasteiger partial charge >= 0.3 is 0 Å². The minimum Gasteiger partial charge on any atom is -0.291 e. The standard InChI is InChI=1S/C5H7O3S/c6-4-2-1-3-5-9(7)8/h5H,1-3H2. The van der Waals surface area contributed by atoms with Crippen molar-refractivity contribution < 1.29 is 13.2 Å². The molecule has 0 spiro atoms. The van der Waals surface area contributed by atoms with Crippen LogP contribution in [0.4, 0.5) is 0 Å². The monoisotopic (exact) mass is 147 g/mol. The number of hydrogen-bond donors (Lipinski definition) is 0. The Bertz CT molecular complexity index is 182. The Morgan fingerprint density at radius 3 is 2.56 bits per heavy atom. The molecule has 0 fully saturated rings. The van der Waals surface area contributed by atoms with Crippen molar-refractivity contribution in [3.63, 3.8) is 0 Å². The summed E-state index contributed by atoms with van der Waals surface area (Å²) in [5.74, 6) is 0. The highest BCUT2D eigenvalue weighted by atomic mass is 32.2. The summed E-state index contributed by atoms with van der Waals surface area (Å²) in [5, 5.41) is 1.14. The molecule has 0 aliphatic carbocycles. The lowest BCUT2D eigenvalue weighted by Crippen LogP contribution is -1.78. The summed E-state index contributed by atoms with van der Waals surface area (Å²) in [4.78, 5) is 9.56. The third kappa shape index (κ3) is 7.36. The van der Waals surface area contributed by atoms with Crippen LogP contribution in [0.15, 0.2) is 0 Å². The van der Waals surface area contributed by atoms with E-state index in [1.165, 1.54) is 0 Å². The summed E-state index contributed by atoms with van der Waals surface area (Å²) < 4.78 is 19.6. The largest absolute Gasteiger partial charge is 0.291 e. The third-order valence-electron chi connectivity index (χ3n) is 0.737. The molecular weight excluding hydrogens is 140 g/mol. The van der Waals surface area contributed by atoms with Crippen LogP contribution in [0.1, 0.15) is 19.3 Å². The van der Waals surface area contributed by atoms with Crippen LogP contribution in [-0.2, 0) is 15.1 Å². The van der Waals surface area contributed by atoms with Crippen molar-refractivity contribution in [2.45, 2.75) is 19.3 Å². The normalized spacial score (nSPS) is 8.44. The number of unbranched alkanes of at least 4 members (excludes halogenated alkanes) is 2. The lowest BCUT2D eigenvalue weighted by molar-refractivity contribution is 0.549. The van der Waals surface area contributed by atoms with Gasteiger partial charge in [-0.2, -0.15) is 8.42 Å². The van der Waals surface area contributed by atoms with Crippen molar-refractivity contribution >= 4 is 21.9 Å². The van der Waals surface area contributed by atoms with Gasteiger partial charge in [-0.15, -0.1) is 0 Å². The third-order valence-corrected chi connectivity index (χ3v) is 1.24. The van der Waals surface area contributed by atoms with E-state index in [4.69, 9.17) is 0 Å². The highest BCUT2D eigenvalue weighted by molar-refractivity contribution is 7.71. The van der Waals surface area contributed by atoms with Gasteiger partial charge in [-0.3, -0.25) is 4.79 Å². The van der Waals surface area contributed by atoms with Crippen LogP contribution in [0.2, 0.25) is 0 Å². The Hall–Kier alpha value is -0.640. The molecule has 0 atom stereocenters. The molecule has 51 valence electrons. The minimum absolute atomic E-state index is 0.313. The fraction of sp³-hybridized carbons (Fsp3) is 0.600. The fourth-order valence-electron chi connectivity index (χ4n) is 0.354. The van der Waals surface area contributed by atoms with Gasteiger partial charge in [-0.1, -0.05) is 0 Å². The van der Waals surface area contributed by atoms with E-state index < -0.39 is 10.3 Å². The van der Waals surface area contributed by atoms with E-state index >= 15 is 0 Å². The molecule has 0 aromatic carbocycles. The molecular formula is C5H7O3S. The predicted molar refractivity (Wildman–Crippen MR) is 34.5 cm³/mol. The Labute approximate surface area is 55.2 Å². The van der Waals surface area contributed by atoms with Gasteiger partial charge in [0.15, 0.2) is 6.29 Å². The summed E-state index contributed by atoms with van der Waals surface area (Å²) in [6.45, 7) is 0. The molecule has 0 amide bonds. The van der Waals surface area contributed by atoms with Crippen molar-refractivity contribution in [1.82, 2.24) is 0 Å². The van der Waals surface area contributed by atoms with E-state index in [2.05, 4.69) is 0 Å². The first kappa shape index (κ1) is 8.36. The molecule has 0 saturated carbocycles. The molecule has 0 saturated heterocycles. The average Bonchev–Trinajstić information content (AvgIpc) is 1.80. The van der Waals surface area contributed by atoms with Crippen LogP contribution in [0, 0.1) is 0 Å². The van der Waals surface area contributed by atoms with Gasteiger partial charge in [0.2, 0.25) is 10.3 Å². The van der Waals surface area contributed by atoms with Crippen molar-refractivity contribution in [2.75, 3.05) is 0 Å². The van der Waals surface area contributed by atoms with Crippen molar-refractivity contribution in [2.24, 2.45) is 0 Å². The molecule has 0 aromatic heterocycles. The molecule has 0 unspecified atom stereocenters.